The van der Waals surface area contributed by atoms with Crippen LogP contribution in [0.25, 0.3) is 0 Å². The highest BCUT2D eigenvalue weighted by molar-refractivity contribution is 5.79. The molecule has 2 unspecified atom stereocenters. The number of nitrogens with one attached hydrogen (secondary N) is 2. The number of rotatable bonds is 10. The van der Waals surface area contributed by atoms with Crippen LogP contribution in [-0.2, 0) is 16.0 Å². The summed E-state index contributed by atoms with van der Waals surface area (Å²) in [4.78, 5) is 37.7. The molecule has 2 atom stereocenters. The van der Waals surface area contributed by atoms with Gasteiger partial charge in [0.1, 0.15) is 23.7 Å². The third kappa shape index (κ3) is 5.80. The number of aromatic hydroxyl groups is 1. The Labute approximate surface area is 171 Å². The summed E-state index contributed by atoms with van der Waals surface area (Å²) in [5, 5.41) is 44.7. The second kappa shape index (κ2) is 9.54. The number of pyridine rings is 1. The number of benzene rings is 1. The summed E-state index contributed by atoms with van der Waals surface area (Å²) in [6.07, 6.45) is 0.0563. The number of phenolic OH excluding ortho intramolecular Hbond substituents is 1. The van der Waals surface area contributed by atoms with E-state index in [1.807, 2.05) is 0 Å². The number of aromatic nitrogens is 1. The van der Waals surface area contributed by atoms with Crippen LogP contribution in [0.15, 0.2) is 36.4 Å². The third-order valence-corrected chi connectivity index (χ3v) is 4.29. The number of nitro groups is 1. The van der Waals surface area contributed by atoms with Crippen LogP contribution >= 0.6 is 0 Å². The van der Waals surface area contributed by atoms with E-state index in [0.717, 1.165) is 6.07 Å². The van der Waals surface area contributed by atoms with Crippen molar-refractivity contribution in [2.24, 2.45) is 5.92 Å². The molecule has 160 valence electrons. The number of hydrogen-bond acceptors (Lipinski definition) is 8. The molecule has 0 saturated carbocycles. The third-order valence-electron chi connectivity index (χ3n) is 4.29. The zero-order valence-electron chi connectivity index (χ0n) is 16.3. The Morgan fingerprint density at radius 2 is 1.70 bits per heavy atom. The van der Waals surface area contributed by atoms with E-state index in [1.165, 1.54) is 18.2 Å². The van der Waals surface area contributed by atoms with E-state index in [2.05, 4.69) is 15.6 Å². The molecule has 2 aromatic rings. The molecule has 11 heteroatoms. The predicted octanol–water partition coefficient (Wildman–Crippen LogP) is 2.32. The molecule has 0 aliphatic carbocycles. The van der Waals surface area contributed by atoms with Crippen LogP contribution in [-0.4, -0.2) is 49.2 Å². The molecule has 1 heterocycles. The highest BCUT2D eigenvalue weighted by Crippen LogP contribution is 2.26. The molecule has 0 bridgehead atoms. The van der Waals surface area contributed by atoms with Crippen molar-refractivity contribution in [1.29, 1.82) is 0 Å². The van der Waals surface area contributed by atoms with Crippen molar-refractivity contribution < 1.29 is 29.8 Å². The van der Waals surface area contributed by atoms with E-state index in [9.17, 15) is 35.0 Å². The van der Waals surface area contributed by atoms with Crippen molar-refractivity contribution >= 4 is 29.3 Å². The number of phenols is 1. The van der Waals surface area contributed by atoms with Crippen molar-refractivity contribution in [3.8, 4) is 5.75 Å². The standard InChI is InChI=1S/C19H22N4O7/c1-10(2)16(19(27)28)22-17-14(23(29)30)7-8-15(21-17)20-13(18(25)26)9-11-3-5-12(24)6-4-11/h3-8,10,13,16,24H,9H2,1-2H3,(H,25,26)(H,27,28)(H2,20,21,22). The van der Waals surface area contributed by atoms with Crippen LogP contribution < -0.4 is 10.6 Å². The van der Waals surface area contributed by atoms with Gasteiger partial charge in [-0.25, -0.2) is 14.6 Å². The van der Waals surface area contributed by atoms with Gasteiger partial charge in [0.05, 0.1) is 4.92 Å². The average molecular weight is 418 g/mol. The zero-order chi connectivity index (χ0) is 22.4. The molecule has 0 amide bonds. The average Bonchev–Trinajstić information content (AvgIpc) is 2.66. The van der Waals surface area contributed by atoms with Crippen molar-refractivity contribution in [3.05, 3.63) is 52.1 Å². The van der Waals surface area contributed by atoms with Crippen LogP contribution in [0, 0.1) is 16.0 Å². The lowest BCUT2D eigenvalue weighted by Gasteiger charge is -2.20. The largest absolute Gasteiger partial charge is 0.508 e. The lowest BCUT2D eigenvalue weighted by atomic mass is 10.0. The minimum atomic E-state index is -1.20. The monoisotopic (exact) mass is 418 g/mol. The van der Waals surface area contributed by atoms with Crippen LogP contribution in [0.5, 0.6) is 5.75 Å². The number of nitrogens with zero attached hydrogens (tertiary/aromatic N) is 2. The van der Waals surface area contributed by atoms with Gasteiger partial charge in [-0.05, 0) is 29.7 Å². The molecular formula is C19H22N4O7. The molecule has 11 nitrogen and oxygen atoms in total. The SMILES string of the molecule is CC(C)C(Nc1nc(NC(Cc2ccc(O)cc2)C(=O)O)ccc1[N+](=O)[O-])C(=O)O. The molecule has 0 radical (unpaired) electrons. The summed E-state index contributed by atoms with van der Waals surface area (Å²) in [5.41, 5.74) is 0.205. The van der Waals surface area contributed by atoms with Crippen molar-refractivity contribution in [3.63, 3.8) is 0 Å². The zero-order valence-corrected chi connectivity index (χ0v) is 16.3. The number of anilines is 2. The molecule has 1 aromatic heterocycles. The first-order valence-corrected chi connectivity index (χ1v) is 9.00. The second-order valence-electron chi connectivity index (χ2n) is 6.93. The first-order valence-electron chi connectivity index (χ1n) is 9.00. The molecule has 2 rings (SSSR count). The summed E-state index contributed by atoms with van der Waals surface area (Å²) >= 11 is 0. The van der Waals surface area contributed by atoms with Gasteiger partial charge in [-0.3, -0.25) is 10.1 Å². The van der Waals surface area contributed by atoms with Crippen molar-refractivity contribution in [2.45, 2.75) is 32.4 Å². The van der Waals surface area contributed by atoms with E-state index in [1.54, 1.807) is 26.0 Å². The van der Waals surface area contributed by atoms with Crippen molar-refractivity contribution in [1.82, 2.24) is 4.98 Å². The van der Waals surface area contributed by atoms with E-state index in [0.29, 0.717) is 5.56 Å². The maximum absolute atomic E-state index is 11.7. The number of carboxylic acid groups (broad SMARTS) is 2. The summed E-state index contributed by atoms with van der Waals surface area (Å²) in [6.45, 7) is 3.27. The first kappa shape index (κ1) is 22.4. The second-order valence-corrected chi connectivity index (χ2v) is 6.93. The number of carbonyl (C=O) groups is 2. The minimum Gasteiger partial charge on any atom is -0.508 e. The van der Waals surface area contributed by atoms with Gasteiger partial charge < -0.3 is 26.0 Å². The normalized spacial score (nSPS) is 12.8. The van der Waals surface area contributed by atoms with E-state index < -0.39 is 34.6 Å². The maximum atomic E-state index is 11.7. The lowest BCUT2D eigenvalue weighted by Crippen LogP contribution is -2.35. The van der Waals surface area contributed by atoms with Gasteiger partial charge in [-0.2, -0.15) is 0 Å². The van der Waals surface area contributed by atoms with Crippen LogP contribution in [0.2, 0.25) is 0 Å². The van der Waals surface area contributed by atoms with E-state index >= 15 is 0 Å². The Bertz CT molecular complexity index is 931. The van der Waals surface area contributed by atoms with Gasteiger partial charge in [0.25, 0.3) is 0 Å². The Hall–Kier alpha value is -3.89. The molecule has 0 spiro atoms. The highest BCUT2D eigenvalue weighted by Gasteiger charge is 2.27. The Morgan fingerprint density at radius 1 is 1.07 bits per heavy atom. The quantitative estimate of drug-likeness (QED) is 0.284. The Morgan fingerprint density at radius 3 is 2.20 bits per heavy atom. The number of aliphatic carboxylic acids is 2. The van der Waals surface area contributed by atoms with Crippen LogP contribution in [0.1, 0.15) is 19.4 Å². The first-order chi connectivity index (χ1) is 14.1. The molecule has 1 aromatic carbocycles. The molecule has 0 aliphatic heterocycles. The minimum absolute atomic E-state index is 0.0298. The summed E-state index contributed by atoms with van der Waals surface area (Å²) in [7, 11) is 0. The molecule has 0 fully saturated rings. The fraction of sp³-hybridized carbons (Fsp3) is 0.316. The summed E-state index contributed by atoms with van der Waals surface area (Å²) < 4.78 is 0. The van der Waals surface area contributed by atoms with Gasteiger partial charge in [0.15, 0.2) is 0 Å². The van der Waals surface area contributed by atoms with Crippen LogP contribution in [0.4, 0.5) is 17.3 Å². The van der Waals surface area contributed by atoms with E-state index in [4.69, 9.17) is 0 Å². The molecule has 5 N–H and O–H groups in total. The van der Waals surface area contributed by atoms with Gasteiger partial charge in [-0.15, -0.1) is 0 Å². The predicted molar refractivity (Wildman–Crippen MR) is 108 cm³/mol. The topological polar surface area (TPSA) is 175 Å². The van der Waals surface area contributed by atoms with Gasteiger partial charge >= 0.3 is 17.6 Å². The van der Waals surface area contributed by atoms with Crippen LogP contribution in [0.3, 0.4) is 0 Å². The smallest absolute Gasteiger partial charge is 0.326 e. The molecule has 30 heavy (non-hydrogen) atoms. The summed E-state index contributed by atoms with van der Waals surface area (Å²) in [5.74, 6) is -2.97. The fourth-order valence-corrected chi connectivity index (χ4v) is 2.69. The fourth-order valence-electron chi connectivity index (χ4n) is 2.69. The highest BCUT2D eigenvalue weighted by atomic mass is 16.6. The number of hydrogen-bond donors (Lipinski definition) is 5. The summed E-state index contributed by atoms with van der Waals surface area (Å²) in [6, 6.07) is 6.14. The molecule has 0 aliphatic rings. The molecule has 0 saturated heterocycles. The van der Waals surface area contributed by atoms with E-state index in [-0.39, 0.29) is 29.7 Å². The Kier molecular flexibility index (Phi) is 7.13. The Balaban J connectivity index is 2.30. The van der Waals surface area contributed by atoms with Gasteiger partial charge in [-0.1, -0.05) is 26.0 Å². The molecular weight excluding hydrogens is 396 g/mol. The van der Waals surface area contributed by atoms with Gasteiger partial charge in [0.2, 0.25) is 5.82 Å². The van der Waals surface area contributed by atoms with Gasteiger partial charge in [0, 0.05) is 12.5 Å². The maximum Gasteiger partial charge on any atom is 0.326 e. The lowest BCUT2D eigenvalue weighted by molar-refractivity contribution is -0.384. The van der Waals surface area contributed by atoms with Crippen molar-refractivity contribution in [2.75, 3.05) is 10.6 Å². The number of carboxylic acids is 2.